The minimum atomic E-state index is -2.91. The van der Waals surface area contributed by atoms with Gasteiger partial charge in [-0.2, -0.15) is 0 Å². The van der Waals surface area contributed by atoms with E-state index >= 15 is 0 Å². The summed E-state index contributed by atoms with van der Waals surface area (Å²) in [5, 5.41) is 3.07. The van der Waals surface area contributed by atoms with E-state index in [1.165, 1.54) is 6.26 Å². The second kappa shape index (κ2) is 4.93. The first-order chi connectivity index (χ1) is 8.06. The normalized spacial score (nSPS) is 13.9. The summed E-state index contributed by atoms with van der Waals surface area (Å²) in [4.78, 5) is 0. The lowest BCUT2D eigenvalue weighted by atomic mass is 10.2. The van der Waals surface area contributed by atoms with Gasteiger partial charge >= 0.3 is 0 Å². The van der Waals surface area contributed by atoms with Crippen LogP contribution in [0.2, 0.25) is 0 Å². The summed E-state index contributed by atoms with van der Waals surface area (Å²) in [6.07, 6.45) is 1.23. The van der Waals surface area contributed by atoms with Crippen molar-refractivity contribution in [2.45, 2.75) is 6.54 Å². The van der Waals surface area contributed by atoms with Gasteiger partial charge in [0, 0.05) is 24.9 Å². The Kier molecular flexibility index (Phi) is 3.54. The van der Waals surface area contributed by atoms with Crippen LogP contribution in [0.1, 0.15) is 5.56 Å². The maximum absolute atomic E-state index is 10.9. The minimum absolute atomic E-state index is 0.138. The lowest BCUT2D eigenvalue weighted by Crippen LogP contribution is -2.22. The maximum atomic E-state index is 10.9. The van der Waals surface area contributed by atoms with Crippen LogP contribution >= 0.6 is 0 Å². The molecule has 0 amide bonds. The van der Waals surface area contributed by atoms with Gasteiger partial charge in [0.25, 0.3) is 0 Å². The van der Waals surface area contributed by atoms with E-state index < -0.39 is 9.84 Å². The van der Waals surface area contributed by atoms with Gasteiger partial charge in [0.15, 0.2) is 11.5 Å². The zero-order chi connectivity index (χ0) is 12.3. The number of hydrogen-bond acceptors (Lipinski definition) is 5. The van der Waals surface area contributed by atoms with E-state index in [4.69, 9.17) is 9.47 Å². The second-order valence-corrected chi connectivity index (χ2v) is 6.22. The molecule has 6 heteroatoms. The number of hydrogen-bond donors (Lipinski definition) is 1. The maximum Gasteiger partial charge on any atom is 0.231 e. The van der Waals surface area contributed by atoms with Gasteiger partial charge in [0.2, 0.25) is 6.79 Å². The number of ether oxygens (including phenoxy) is 2. The fourth-order valence-electron chi connectivity index (χ4n) is 1.61. The molecule has 1 aliphatic heterocycles. The van der Waals surface area contributed by atoms with Crippen LogP contribution < -0.4 is 14.8 Å². The highest BCUT2D eigenvalue weighted by Crippen LogP contribution is 2.35. The summed E-state index contributed by atoms with van der Waals surface area (Å²) < 4.78 is 32.5. The third-order valence-corrected chi connectivity index (χ3v) is 3.39. The second-order valence-electron chi connectivity index (χ2n) is 3.96. The molecule has 17 heavy (non-hydrogen) atoms. The predicted octanol–water partition coefficient (Wildman–Crippen LogP) is 0.549. The average molecular weight is 257 g/mol. The summed E-state index contributed by atoms with van der Waals surface area (Å²) >= 11 is 0. The molecule has 1 N–H and O–H groups in total. The highest BCUT2D eigenvalue weighted by atomic mass is 32.2. The number of nitrogens with one attached hydrogen (secondary N) is 1. The van der Waals surface area contributed by atoms with Gasteiger partial charge in [-0.1, -0.05) is 12.1 Å². The highest BCUT2D eigenvalue weighted by molar-refractivity contribution is 7.90. The molecule has 0 bridgehead atoms. The van der Waals surface area contributed by atoms with Gasteiger partial charge in [0.1, 0.15) is 9.84 Å². The van der Waals surface area contributed by atoms with Crippen LogP contribution in [0.3, 0.4) is 0 Å². The minimum Gasteiger partial charge on any atom is -0.454 e. The third-order valence-electron chi connectivity index (χ3n) is 2.44. The van der Waals surface area contributed by atoms with Crippen LogP contribution in [0.25, 0.3) is 0 Å². The molecule has 0 atom stereocenters. The Morgan fingerprint density at radius 1 is 1.35 bits per heavy atom. The van der Waals surface area contributed by atoms with E-state index in [0.29, 0.717) is 13.1 Å². The quantitative estimate of drug-likeness (QED) is 0.780. The van der Waals surface area contributed by atoms with Gasteiger partial charge in [-0.15, -0.1) is 0 Å². The largest absolute Gasteiger partial charge is 0.454 e. The van der Waals surface area contributed by atoms with Crippen LogP contribution in [0.4, 0.5) is 0 Å². The standard InChI is InChI=1S/C11H15NO4S/c1-17(13,14)6-5-12-7-9-3-2-4-10-11(9)16-8-15-10/h2-4,12H,5-8H2,1H3. The van der Waals surface area contributed by atoms with Crippen LogP contribution in [0, 0.1) is 0 Å². The van der Waals surface area contributed by atoms with Crippen LogP contribution in [-0.4, -0.2) is 33.8 Å². The average Bonchev–Trinajstić information content (AvgIpc) is 2.71. The lowest BCUT2D eigenvalue weighted by Gasteiger charge is -2.07. The molecule has 0 saturated heterocycles. The van der Waals surface area contributed by atoms with Gasteiger partial charge in [-0.25, -0.2) is 8.42 Å². The number of para-hydroxylation sites is 1. The van der Waals surface area contributed by atoms with Crippen molar-refractivity contribution in [3.05, 3.63) is 23.8 Å². The summed E-state index contributed by atoms with van der Waals surface area (Å²) in [6.45, 7) is 1.25. The van der Waals surface area contributed by atoms with Crippen LogP contribution in [-0.2, 0) is 16.4 Å². The van der Waals surface area contributed by atoms with Crippen molar-refractivity contribution in [1.82, 2.24) is 5.32 Å². The zero-order valence-corrected chi connectivity index (χ0v) is 10.4. The van der Waals surface area contributed by atoms with E-state index in [9.17, 15) is 8.42 Å². The number of rotatable bonds is 5. The van der Waals surface area contributed by atoms with Crippen LogP contribution in [0.15, 0.2) is 18.2 Å². The molecular formula is C11H15NO4S. The molecule has 1 heterocycles. The first kappa shape index (κ1) is 12.2. The zero-order valence-electron chi connectivity index (χ0n) is 9.60. The van der Waals surface area contributed by atoms with Gasteiger partial charge in [-0.05, 0) is 6.07 Å². The van der Waals surface area contributed by atoms with Gasteiger partial charge in [-0.3, -0.25) is 0 Å². The molecule has 1 aliphatic rings. The van der Waals surface area contributed by atoms with Gasteiger partial charge in [0.05, 0.1) is 5.75 Å². The Hall–Kier alpha value is -1.27. The fourth-order valence-corrected chi connectivity index (χ4v) is 2.13. The molecular weight excluding hydrogens is 242 g/mol. The number of fused-ring (bicyclic) bond motifs is 1. The highest BCUT2D eigenvalue weighted by Gasteiger charge is 2.16. The summed E-state index contributed by atoms with van der Waals surface area (Å²) in [5.41, 5.74) is 0.980. The van der Waals surface area contributed by atoms with E-state index in [0.717, 1.165) is 17.1 Å². The number of benzene rings is 1. The van der Waals surface area contributed by atoms with Gasteiger partial charge < -0.3 is 14.8 Å². The number of sulfone groups is 1. The van der Waals surface area contributed by atoms with E-state index in [2.05, 4.69) is 5.32 Å². The Morgan fingerprint density at radius 2 is 2.18 bits per heavy atom. The van der Waals surface area contributed by atoms with Crippen molar-refractivity contribution in [2.24, 2.45) is 0 Å². The molecule has 1 aromatic rings. The van der Waals surface area contributed by atoms with Crippen LogP contribution in [0.5, 0.6) is 11.5 Å². The van der Waals surface area contributed by atoms with E-state index in [-0.39, 0.29) is 12.5 Å². The monoisotopic (exact) mass is 257 g/mol. The van der Waals surface area contributed by atoms with Crippen molar-refractivity contribution in [2.75, 3.05) is 25.3 Å². The smallest absolute Gasteiger partial charge is 0.231 e. The Morgan fingerprint density at radius 3 is 2.94 bits per heavy atom. The topological polar surface area (TPSA) is 64.6 Å². The summed E-state index contributed by atoms with van der Waals surface area (Å²) in [7, 11) is -2.91. The molecule has 1 aromatic carbocycles. The molecule has 0 radical (unpaired) electrons. The Labute approximate surface area is 101 Å². The van der Waals surface area contributed by atoms with Crippen molar-refractivity contribution in [3.63, 3.8) is 0 Å². The third kappa shape index (κ3) is 3.34. The Bertz CT molecular complexity index is 498. The molecule has 0 unspecified atom stereocenters. The first-order valence-electron chi connectivity index (χ1n) is 5.32. The summed E-state index contributed by atoms with van der Waals surface area (Å²) in [6, 6.07) is 5.67. The van der Waals surface area contributed by atoms with Crippen molar-refractivity contribution in [3.8, 4) is 11.5 Å². The van der Waals surface area contributed by atoms with Crippen molar-refractivity contribution in [1.29, 1.82) is 0 Å². The molecule has 0 spiro atoms. The molecule has 0 aliphatic carbocycles. The first-order valence-corrected chi connectivity index (χ1v) is 7.38. The SMILES string of the molecule is CS(=O)(=O)CCNCc1cccc2c1OCO2. The van der Waals surface area contributed by atoms with Crippen molar-refractivity contribution >= 4 is 9.84 Å². The fraction of sp³-hybridized carbons (Fsp3) is 0.455. The lowest BCUT2D eigenvalue weighted by molar-refractivity contribution is 0.173. The molecule has 0 saturated carbocycles. The summed E-state index contributed by atoms with van der Waals surface area (Å²) in [5.74, 6) is 1.63. The molecule has 2 rings (SSSR count). The predicted molar refractivity (Wildman–Crippen MR) is 64.0 cm³/mol. The Balaban J connectivity index is 1.90. The van der Waals surface area contributed by atoms with E-state index in [1.807, 2.05) is 18.2 Å². The molecule has 94 valence electrons. The van der Waals surface area contributed by atoms with Crippen molar-refractivity contribution < 1.29 is 17.9 Å². The van der Waals surface area contributed by atoms with E-state index in [1.54, 1.807) is 0 Å². The molecule has 0 fully saturated rings. The molecule has 0 aromatic heterocycles. The molecule has 5 nitrogen and oxygen atoms in total.